The van der Waals surface area contributed by atoms with Crippen LogP contribution in [0, 0.1) is 11.8 Å². The third kappa shape index (κ3) is 5.88. The number of fused-ring (bicyclic) bond motifs is 6. The van der Waals surface area contributed by atoms with Gasteiger partial charge in [-0.15, -0.1) is 0 Å². The van der Waals surface area contributed by atoms with E-state index >= 15 is 0 Å². The van der Waals surface area contributed by atoms with Crippen LogP contribution in [-0.4, -0.2) is 94.9 Å². The van der Waals surface area contributed by atoms with E-state index in [0.29, 0.717) is 43.4 Å². The summed E-state index contributed by atoms with van der Waals surface area (Å²) in [5.74, 6) is -0.831. The predicted molar refractivity (Wildman–Crippen MR) is 171 cm³/mol. The van der Waals surface area contributed by atoms with Gasteiger partial charge in [0, 0.05) is 61.5 Å². The number of piperidine rings is 2. The summed E-state index contributed by atoms with van der Waals surface area (Å²) in [6.07, 6.45) is 4.15. The standard InChI is InChI=1S/C32H30N6O6S2/c39-27(43-31-35-21-3-1-17(11-25(21)45-31)29(41)33-23-15-37-9-7-19(23)13-37)5-6-28(40)44-32-36-22-4-2-18(12-26(22)46-32)30(42)34-24-16-38-10-8-20(24)14-38/h1-6,11-12,19-20,23-24H,7-10,13-16H2,(H,33,41)(H,34,42)/b6-5+. The first-order valence-electron chi connectivity index (χ1n) is 15.3. The average molecular weight is 659 g/mol. The molecule has 46 heavy (non-hydrogen) atoms. The maximum Gasteiger partial charge on any atom is 0.338 e. The molecule has 236 valence electrons. The molecule has 6 heterocycles. The SMILES string of the molecule is O=C(/C=C/C(=O)Oc1nc2ccc(C(=O)NC3CN4CCC3C4)cc2s1)Oc1nc2ccc(C(=O)NC3CN4CCC3C4)cc2s1. The molecule has 2 aromatic carbocycles. The van der Waals surface area contributed by atoms with Crippen LogP contribution in [0.1, 0.15) is 33.6 Å². The number of amides is 2. The number of hydrogen-bond donors (Lipinski definition) is 2. The summed E-state index contributed by atoms with van der Waals surface area (Å²) in [5.41, 5.74) is 2.24. The zero-order chi connectivity index (χ0) is 31.4. The smallest absolute Gasteiger partial charge is 0.338 e. The highest BCUT2D eigenvalue weighted by atomic mass is 32.1. The highest BCUT2D eigenvalue weighted by Crippen LogP contribution is 2.32. The van der Waals surface area contributed by atoms with Gasteiger partial charge in [0.25, 0.3) is 22.2 Å². The number of carbonyl (C=O) groups is 4. The van der Waals surface area contributed by atoms with Crippen LogP contribution in [-0.2, 0) is 9.59 Å². The van der Waals surface area contributed by atoms with Crippen molar-refractivity contribution >= 4 is 66.9 Å². The summed E-state index contributed by atoms with van der Waals surface area (Å²) in [7, 11) is 0. The summed E-state index contributed by atoms with van der Waals surface area (Å²) >= 11 is 2.27. The topological polar surface area (TPSA) is 143 Å². The summed E-state index contributed by atoms with van der Waals surface area (Å²) in [6.45, 7) is 6.08. The first-order valence-corrected chi connectivity index (χ1v) is 17.0. The third-order valence-corrected chi connectivity index (χ3v) is 11.1. The molecule has 6 atom stereocenters. The van der Waals surface area contributed by atoms with Gasteiger partial charge < -0.3 is 29.9 Å². The zero-order valence-corrected chi connectivity index (χ0v) is 26.3. The molecular weight excluding hydrogens is 629 g/mol. The fraction of sp³-hybridized carbons (Fsp3) is 0.375. The van der Waals surface area contributed by atoms with Crippen LogP contribution in [0.5, 0.6) is 10.4 Å². The lowest BCUT2D eigenvalue weighted by atomic mass is 9.99. The van der Waals surface area contributed by atoms with E-state index in [9.17, 15) is 19.2 Å². The van der Waals surface area contributed by atoms with Gasteiger partial charge in [-0.1, -0.05) is 22.7 Å². The molecule has 0 spiro atoms. The second-order valence-electron chi connectivity index (χ2n) is 12.3. The van der Waals surface area contributed by atoms with Crippen LogP contribution in [0.2, 0.25) is 0 Å². The molecule has 4 bridgehead atoms. The minimum Gasteiger partial charge on any atom is -0.395 e. The Labute approximate surface area is 271 Å². The highest BCUT2D eigenvalue weighted by molar-refractivity contribution is 7.20. The number of nitrogens with zero attached hydrogens (tertiary/aromatic N) is 4. The van der Waals surface area contributed by atoms with Crippen LogP contribution in [0.4, 0.5) is 0 Å². The molecular formula is C32H30N6O6S2. The largest absolute Gasteiger partial charge is 0.395 e. The number of carbonyl (C=O) groups excluding carboxylic acids is 4. The molecule has 4 aliphatic rings. The predicted octanol–water partition coefficient (Wildman–Crippen LogP) is 2.84. The molecule has 0 aliphatic carbocycles. The molecule has 4 saturated heterocycles. The van der Waals surface area contributed by atoms with Crippen LogP contribution in [0.3, 0.4) is 0 Å². The first-order chi connectivity index (χ1) is 22.3. The maximum absolute atomic E-state index is 12.9. The van der Waals surface area contributed by atoms with Crippen molar-refractivity contribution in [2.45, 2.75) is 24.9 Å². The number of aromatic nitrogens is 2. The van der Waals surface area contributed by atoms with Gasteiger partial charge in [-0.25, -0.2) is 19.6 Å². The van der Waals surface area contributed by atoms with E-state index in [0.717, 1.165) is 86.9 Å². The molecule has 2 N–H and O–H groups in total. The second kappa shape index (κ2) is 11.8. The van der Waals surface area contributed by atoms with Crippen molar-refractivity contribution in [1.29, 1.82) is 0 Å². The number of thiazole rings is 2. The number of rotatable bonds is 8. The number of hydrogen-bond acceptors (Lipinski definition) is 12. The first kappa shape index (κ1) is 29.2. The van der Waals surface area contributed by atoms with Crippen LogP contribution in [0.15, 0.2) is 48.6 Å². The normalized spacial score (nSPS) is 26.3. The summed E-state index contributed by atoms with van der Waals surface area (Å²) < 4.78 is 12.0. The minimum atomic E-state index is -0.799. The van der Waals surface area contributed by atoms with Gasteiger partial charge in [0.2, 0.25) is 0 Å². The van der Waals surface area contributed by atoms with Crippen LogP contribution < -0.4 is 20.1 Å². The van der Waals surface area contributed by atoms with E-state index < -0.39 is 11.9 Å². The van der Waals surface area contributed by atoms with Crippen molar-refractivity contribution in [3.05, 3.63) is 59.7 Å². The molecule has 14 heteroatoms. The van der Waals surface area contributed by atoms with Gasteiger partial charge in [-0.05, 0) is 74.2 Å². The van der Waals surface area contributed by atoms with E-state index in [2.05, 4.69) is 30.4 Å². The second-order valence-corrected chi connectivity index (χ2v) is 14.3. The summed E-state index contributed by atoms with van der Waals surface area (Å²) in [4.78, 5) is 63.9. The Balaban J connectivity index is 0.850. The van der Waals surface area contributed by atoms with Crippen molar-refractivity contribution in [2.75, 3.05) is 39.3 Å². The molecule has 0 saturated carbocycles. The monoisotopic (exact) mass is 658 g/mol. The lowest BCUT2D eigenvalue weighted by Crippen LogP contribution is -2.43. The van der Waals surface area contributed by atoms with Crippen molar-refractivity contribution in [2.24, 2.45) is 11.8 Å². The van der Waals surface area contributed by atoms with E-state index in [-0.39, 0.29) is 34.3 Å². The maximum atomic E-state index is 12.9. The van der Waals surface area contributed by atoms with Gasteiger partial charge in [-0.2, -0.15) is 0 Å². The van der Waals surface area contributed by atoms with Crippen molar-refractivity contribution in [1.82, 2.24) is 30.4 Å². The Bertz CT molecular complexity index is 1790. The fourth-order valence-corrected chi connectivity index (χ4v) is 8.67. The molecule has 4 fully saturated rings. The van der Waals surface area contributed by atoms with Gasteiger partial charge in [-0.3, -0.25) is 9.59 Å². The van der Waals surface area contributed by atoms with E-state index in [1.165, 1.54) is 0 Å². The number of benzene rings is 2. The van der Waals surface area contributed by atoms with Crippen molar-refractivity contribution in [3.8, 4) is 10.4 Å². The van der Waals surface area contributed by atoms with Crippen molar-refractivity contribution < 1.29 is 28.7 Å². The minimum absolute atomic E-state index is 0.0976. The van der Waals surface area contributed by atoms with E-state index in [4.69, 9.17) is 9.47 Å². The van der Waals surface area contributed by atoms with E-state index in [1.54, 1.807) is 36.4 Å². The molecule has 0 radical (unpaired) electrons. The Morgan fingerprint density at radius 3 is 1.54 bits per heavy atom. The highest BCUT2D eigenvalue weighted by Gasteiger charge is 2.39. The zero-order valence-electron chi connectivity index (χ0n) is 24.6. The third-order valence-electron chi connectivity index (χ3n) is 9.29. The Kier molecular flexibility index (Phi) is 7.51. The lowest BCUT2D eigenvalue weighted by Gasteiger charge is -2.23. The Hall–Kier alpha value is -4.24. The van der Waals surface area contributed by atoms with Gasteiger partial charge in [0.1, 0.15) is 0 Å². The molecule has 4 aromatic rings. The fourth-order valence-electron chi connectivity index (χ4n) is 6.95. The molecule has 12 nitrogen and oxygen atoms in total. The quantitative estimate of drug-likeness (QED) is 0.214. The van der Waals surface area contributed by atoms with E-state index in [1.807, 2.05) is 0 Å². The molecule has 8 rings (SSSR count). The van der Waals surface area contributed by atoms with Crippen molar-refractivity contribution in [3.63, 3.8) is 0 Å². The van der Waals surface area contributed by atoms with Gasteiger partial charge >= 0.3 is 11.9 Å². The molecule has 2 amide bonds. The Morgan fingerprint density at radius 2 is 1.15 bits per heavy atom. The molecule has 6 unspecified atom stereocenters. The lowest BCUT2D eigenvalue weighted by molar-refractivity contribution is -0.131. The Morgan fingerprint density at radius 1 is 0.696 bits per heavy atom. The van der Waals surface area contributed by atoms with Crippen LogP contribution >= 0.6 is 22.7 Å². The molecule has 4 aliphatic heterocycles. The summed E-state index contributed by atoms with van der Waals surface area (Å²) in [5, 5.41) is 6.49. The number of ether oxygens (including phenoxy) is 2. The van der Waals surface area contributed by atoms with Gasteiger partial charge in [0.05, 0.1) is 20.4 Å². The number of nitrogens with one attached hydrogen (secondary N) is 2. The number of esters is 2. The summed E-state index contributed by atoms with van der Waals surface area (Å²) in [6, 6.07) is 10.7. The average Bonchev–Trinajstić information content (AvgIpc) is 3.89. The molecule has 2 aromatic heterocycles. The van der Waals surface area contributed by atoms with Gasteiger partial charge in [0.15, 0.2) is 0 Å². The van der Waals surface area contributed by atoms with Crippen LogP contribution in [0.25, 0.3) is 20.4 Å².